The smallest absolute Gasteiger partial charge is 0.141 e. The highest BCUT2D eigenvalue weighted by molar-refractivity contribution is 6.35. The van der Waals surface area contributed by atoms with Crippen LogP contribution in [-0.2, 0) is 0 Å². The Morgan fingerprint density at radius 1 is 1.10 bits per heavy atom. The van der Waals surface area contributed by atoms with Gasteiger partial charge in [0.05, 0.1) is 16.1 Å². The Balaban J connectivity index is 2.32. The standard InChI is InChI=1S/C16H15ClN2O/c1-10(2)19-15-13(17)4-3-5-14(15)18-16(19)11-6-8-12(20)9-7-11/h3-10,20H,1-2H3. The molecule has 0 bridgehead atoms. The molecule has 3 aromatic rings. The van der Waals surface area contributed by atoms with Crippen LogP contribution in [0.5, 0.6) is 5.75 Å². The number of phenols is 1. The van der Waals surface area contributed by atoms with Crippen LogP contribution in [0.15, 0.2) is 42.5 Å². The average Bonchev–Trinajstić information content (AvgIpc) is 2.80. The van der Waals surface area contributed by atoms with Gasteiger partial charge in [-0.3, -0.25) is 0 Å². The number of benzene rings is 2. The minimum Gasteiger partial charge on any atom is -0.508 e. The summed E-state index contributed by atoms with van der Waals surface area (Å²) in [7, 11) is 0. The molecule has 2 aromatic carbocycles. The second-order valence-electron chi connectivity index (χ2n) is 5.05. The lowest BCUT2D eigenvalue weighted by molar-refractivity contribution is 0.475. The molecule has 1 heterocycles. The molecule has 0 unspecified atom stereocenters. The Hall–Kier alpha value is -2.00. The maximum Gasteiger partial charge on any atom is 0.141 e. The molecule has 0 fully saturated rings. The number of aromatic hydroxyl groups is 1. The first-order valence-corrected chi connectivity index (χ1v) is 6.91. The molecule has 0 aliphatic carbocycles. The number of phenolic OH excluding ortho intramolecular Hbond substituents is 1. The molecule has 20 heavy (non-hydrogen) atoms. The van der Waals surface area contributed by atoms with Crippen LogP contribution in [-0.4, -0.2) is 14.7 Å². The Bertz CT molecular complexity index is 760. The zero-order valence-corrected chi connectivity index (χ0v) is 12.1. The van der Waals surface area contributed by atoms with Gasteiger partial charge in [-0.2, -0.15) is 0 Å². The topological polar surface area (TPSA) is 38.0 Å². The van der Waals surface area contributed by atoms with Crippen molar-refractivity contribution in [2.75, 3.05) is 0 Å². The van der Waals surface area contributed by atoms with Crippen LogP contribution < -0.4 is 0 Å². The van der Waals surface area contributed by atoms with Gasteiger partial charge in [-0.1, -0.05) is 17.7 Å². The van der Waals surface area contributed by atoms with E-state index in [-0.39, 0.29) is 11.8 Å². The Morgan fingerprint density at radius 2 is 1.80 bits per heavy atom. The van der Waals surface area contributed by atoms with Gasteiger partial charge in [0.25, 0.3) is 0 Å². The molecule has 3 nitrogen and oxygen atoms in total. The van der Waals surface area contributed by atoms with E-state index in [0.29, 0.717) is 5.02 Å². The van der Waals surface area contributed by atoms with Crippen molar-refractivity contribution in [3.8, 4) is 17.1 Å². The van der Waals surface area contributed by atoms with Gasteiger partial charge in [-0.05, 0) is 50.2 Å². The predicted octanol–water partition coefficient (Wildman–Crippen LogP) is 4.64. The summed E-state index contributed by atoms with van der Waals surface area (Å²) in [5.74, 6) is 1.11. The molecule has 0 aliphatic rings. The van der Waals surface area contributed by atoms with Crippen molar-refractivity contribution in [3.63, 3.8) is 0 Å². The zero-order valence-electron chi connectivity index (χ0n) is 11.3. The second kappa shape index (κ2) is 4.84. The van der Waals surface area contributed by atoms with Crippen LogP contribution in [0.3, 0.4) is 0 Å². The number of halogens is 1. The molecule has 1 aromatic heterocycles. The Kier molecular flexibility index (Phi) is 3.14. The first-order chi connectivity index (χ1) is 9.58. The number of aromatic nitrogens is 2. The monoisotopic (exact) mass is 286 g/mol. The molecule has 1 N–H and O–H groups in total. The molecular weight excluding hydrogens is 272 g/mol. The fraction of sp³-hybridized carbons (Fsp3) is 0.188. The fourth-order valence-electron chi connectivity index (χ4n) is 2.42. The van der Waals surface area contributed by atoms with Crippen LogP contribution in [0.4, 0.5) is 0 Å². The van der Waals surface area contributed by atoms with E-state index < -0.39 is 0 Å². The molecule has 0 saturated heterocycles. The van der Waals surface area contributed by atoms with Gasteiger partial charge in [0.15, 0.2) is 0 Å². The number of fused-ring (bicyclic) bond motifs is 1. The zero-order chi connectivity index (χ0) is 14.3. The molecular formula is C16H15ClN2O. The van der Waals surface area contributed by atoms with Crippen molar-refractivity contribution >= 4 is 22.6 Å². The first-order valence-electron chi connectivity index (χ1n) is 6.54. The van der Waals surface area contributed by atoms with Crippen LogP contribution in [0.1, 0.15) is 19.9 Å². The second-order valence-corrected chi connectivity index (χ2v) is 5.46. The molecule has 0 atom stereocenters. The minimum atomic E-state index is 0.240. The van der Waals surface area contributed by atoms with Gasteiger partial charge in [0, 0.05) is 11.6 Å². The van der Waals surface area contributed by atoms with E-state index in [0.717, 1.165) is 22.4 Å². The third-order valence-corrected chi connectivity index (χ3v) is 3.61. The summed E-state index contributed by atoms with van der Waals surface area (Å²) in [6, 6.07) is 13.1. The van der Waals surface area contributed by atoms with Crippen molar-refractivity contribution in [3.05, 3.63) is 47.5 Å². The number of hydrogen-bond donors (Lipinski definition) is 1. The predicted molar refractivity (Wildman–Crippen MR) is 82.2 cm³/mol. The molecule has 3 rings (SSSR count). The highest BCUT2D eigenvalue weighted by atomic mass is 35.5. The number of imidazole rings is 1. The fourth-order valence-corrected chi connectivity index (χ4v) is 2.68. The molecule has 0 spiro atoms. The van der Waals surface area contributed by atoms with E-state index >= 15 is 0 Å². The van der Waals surface area contributed by atoms with Crippen LogP contribution in [0, 0.1) is 0 Å². The number of nitrogens with zero attached hydrogens (tertiary/aromatic N) is 2. The van der Waals surface area contributed by atoms with Gasteiger partial charge in [-0.15, -0.1) is 0 Å². The highest BCUT2D eigenvalue weighted by Crippen LogP contribution is 2.32. The lowest BCUT2D eigenvalue weighted by Crippen LogP contribution is -2.03. The summed E-state index contributed by atoms with van der Waals surface area (Å²) in [5, 5.41) is 10.1. The van der Waals surface area contributed by atoms with Gasteiger partial charge >= 0.3 is 0 Å². The third kappa shape index (κ3) is 2.04. The number of hydrogen-bond acceptors (Lipinski definition) is 2. The van der Waals surface area contributed by atoms with E-state index in [1.165, 1.54) is 0 Å². The quantitative estimate of drug-likeness (QED) is 0.745. The first kappa shape index (κ1) is 13.0. The summed E-state index contributed by atoms with van der Waals surface area (Å²) >= 11 is 6.33. The van der Waals surface area contributed by atoms with Gasteiger partial charge in [0.1, 0.15) is 11.6 Å². The van der Waals surface area contributed by atoms with Crippen molar-refractivity contribution < 1.29 is 5.11 Å². The summed E-state index contributed by atoms with van der Waals surface area (Å²) in [4.78, 5) is 4.69. The molecule has 0 amide bonds. The number of rotatable bonds is 2. The lowest BCUT2D eigenvalue weighted by Gasteiger charge is -2.13. The van der Waals surface area contributed by atoms with Crippen molar-refractivity contribution in [2.45, 2.75) is 19.9 Å². The van der Waals surface area contributed by atoms with Crippen molar-refractivity contribution in [1.82, 2.24) is 9.55 Å². The number of para-hydroxylation sites is 1. The van der Waals surface area contributed by atoms with Crippen LogP contribution >= 0.6 is 11.6 Å². The molecule has 0 radical (unpaired) electrons. The minimum absolute atomic E-state index is 0.240. The van der Waals surface area contributed by atoms with Gasteiger partial charge in [-0.25, -0.2) is 4.98 Å². The SMILES string of the molecule is CC(C)n1c(-c2ccc(O)cc2)nc2cccc(Cl)c21. The Morgan fingerprint density at radius 3 is 2.45 bits per heavy atom. The third-order valence-electron chi connectivity index (χ3n) is 3.30. The lowest BCUT2D eigenvalue weighted by atomic mass is 10.2. The normalized spacial score (nSPS) is 11.4. The van der Waals surface area contributed by atoms with Crippen LogP contribution in [0.2, 0.25) is 5.02 Å². The van der Waals surface area contributed by atoms with E-state index in [1.807, 2.05) is 30.3 Å². The summed E-state index contributed by atoms with van der Waals surface area (Å²) in [6.45, 7) is 4.21. The van der Waals surface area contributed by atoms with E-state index in [9.17, 15) is 5.11 Å². The largest absolute Gasteiger partial charge is 0.508 e. The maximum atomic E-state index is 9.42. The van der Waals surface area contributed by atoms with E-state index in [1.54, 1.807) is 12.1 Å². The molecule has 0 aliphatic heterocycles. The van der Waals surface area contributed by atoms with Gasteiger partial charge in [0.2, 0.25) is 0 Å². The average molecular weight is 287 g/mol. The van der Waals surface area contributed by atoms with Crippen LogP contribution in [0.25, 0.3) is 22.4 Å². The highest BCUT2D eigenvalue weighted by Gasteiger charge is 2.16. The van der Waals surface area contributed by atoms with Crippen molar-refractivity contribution in [2.24, 2.45) is 0 Å². The summed E-state index contributed by atoms with van der Waals surface area (Å²) in [6.07, 6.45) is 0. The van der Waals surface area contributed by atoms with Gasteiger partial charge < -0.3 is 9.67 Å². The Labute approximate surface area is 122 Å². The summed E-state index contributed by atoms with van der Waals surface area (Å²) < 4.78 is 2.13. The molecule has 4 heteroatoms. The van der Waals surface area contributed by atoms with E-state index in [4.69, 9.17) is 16.6 Å². The van der Waals surface area contributed by atoms with E-state index in [2.05, 4.69) is 18.4 Å². The maximum absolute atomic E-state index is 9.42. The molecule has 0 saturated carbocycles. The van der Waals surface area contributed by atoms with Crippen molar-refractivity contribution in [1.29, 1.82) is 0 Å². The summed E-state index contributed by atoms with van der Waals surface area (Å²) in [5.41, 5.74) is 2.80. The molecule has 102 valence electrons.